The van der Waals surface area contributed by atoms with Crippen molar-refractivity contribution in [1.82, 2.24) is 10.2 Å². The molecule has 1 saturated heterocycles. The minimum Gasteiger partial charge on any atom is -0.312 e. The predicted molar refractivity (Wildman–Crippen MR) is 80.2 cm³/mol. The van der Waals surface area contributed by atoms with Crippen molar-refractivity contribution >= 4 is 11.3 Å². The molecule has 0 aliphatic carbocycles. The van der Waals surface area contributed by atoms with Crippen molar-refractivity contribution in [1.29, 1.82) is 0 Å². The van der Waals surface area contributed by atoms with E-state index in [0.29, 0.717) is 0 Å². The van der Waals surface area contributed by atoms with Crippen LogP contribution in [0.15, 0.2) is 6.07 Å². The van der Waals surface area contributed by atoms with Gasteiger partial charge in [-0.3, -0.25) is 4.90 Å². The van der Waals surface area contributed by atoms with E-state index in [2.05, 4.69) is 37.1 Å². The van der Waals surface area contributed by atoms with Gasteiger partial charge in [-0.1, -0.05) is 13.3 Å². The lowest BCUT2D eigenvalue weighted by Gasteiger charge is -2.33. The van der Waals surface area contributed by atoms with Crippen LogP contribution in [0.3, 0.4) is 0 Å². The van der Waals surface area contributed by atoms with Gasteiger partial charge in [-0.15, -0.1) is 11.3 Å². The Morgan fingerprint density at radius 1 is 1.44 bits per heavy atom. The number of thiophene rings is 1. The van der Waals surface area contributed by atoms with Crippen LogP contribution in [-0.2, 0) is 13.1 Å². The van der Waals surface area contributed by atoms with E-state index in [-0.39, 0.29) is 0 Å². The van der Waals surface area contributed by atoms with Gasteiger partial charge in [-0.2, -0.15) is 0 Å². The van der Waals surface area contributed by atoms with Gasteiger partial charge in [0.2, 0.25) is 0 Å². The Labute approximate surface area is 115 Å². The summed E-state index contributed by atoms with van der Waals surface area (Å²) in [5.74, 6) is 0. The van der Waals surface area contributed by atoms with E-state index in [1.807, 2.05) is 11.3 Å². The second-order valence-corrected chi connectivity index (χ2v) is 6.73. The van der Waals surface area contributed by atoms with E-state index in [0.717, 1.165) is 25.7 Å². The van der Waals surface area contributed by atoms with Gasteiger partial charge in [0.05, 0.1) is 0 Å². The van der Waals surface area contributed by atoms with E-state index in [1.54, 1.807) is 5.56 Å². The number of aryl methyl sites for hydroxylation is 1. The molecule has 1 N–H and O–H groups in total. The van der Waals surface area contributed by atoms with Crippen molar-refractivity contribution in [3.05, 3.63) is 21.4 Å². The molecule has 1 aliphatic heterocycles. The minimum atomic E-state index is 0.760. The first-order valence-electron chi connectivity index (χ1n) is 7.23. The van der Waals surface area contributed by atoms with Crippen molar-refractivity contribution < 1.29 is 0 Å². The zero-order valence-electron chi connectivity index (χ0n) is 12.0. The third-order valence-corrected chi connectivity index (χ3v) is 5.03. The molecule has 1 aromatic heterocycles. The molecule has 18 heavy (non-hydrogen) atoms. The van der Waals surface area contributed by atoms with E-state index in [4.69, 9.17) is 0 Å². The van der Waals surface area contributed by atoms with Crippen LogP contribution in [-0.4, -0.2) is 24.0 Å². The Kier molecular flexibility index (Phi) is 5.22. The molecular formula is C15H26N2S. The number of rotatable bonds is 5. The first kappa shape index (κ1) is 14.0. The normalized spacial score (nSPS) is 21.4. The quantitative estimate of drug-likeness (QED) is 0.877. The van der Waals surface area contributed by atoms with Crippen molar-refractivity contribution in [3.8, 4) is 0 Å². The molecule has 1 aromatic rings. The molecule has 1 unspecified atom stereocenters. The number of likely N-dealkylation sites (tertiary alicyclic amines) is 1. The monoisotopic (exact) mass is 266 g/mol. The smallest absolute Gasteiger partial charge is 0.0299 e. The molecule has 2 heterocycles. The summed E-state index contributed by atoms with van der Waals surface area (Å²) in [6.45, 7) is 11.3. The maximum absolute atomic E-state index is 3.41. The molecule has 0 amide bonds. The topological polar surface area (TPSA) is 15.3 Å². The molecule has 1 atom stereocenters. The maximum Gasteiger partial charge on any atom is 0.0299 e. The van der Waals surface area contributed by atoms with Gasteiger partial charge in [0.1, 0.15) is 0 Å². The highest BCUT2D eigenvalue weighted by atomic mass is 32.1. The van der Waals surface area contributed by atoms with Crippen LogP contribution in [0.1, 0.15) is 48.4 Å². The Bertz CT molecular complexity index is 373. The molecule has 2 nitrogen and oxygen atoms in total. The standard InChI is InChI=1S/C15H26N2S/c1-4-16-10-15-9-14(13(3)18-15)11-17-8-6-5-7-12(17)2/h9,12,16H,4-8,10-11H2,1-3H3. The zero-order chi connectivity index (χ0) is 13.0. The van der Waals surface area contributed by atoms with Crippen LogP contribution < -0.4 is 5.32 Å². The molecular weight excluding hydrogens is 240 g/mol. The average molecular weight is 266 g/mol. The lowest BCUT2D eigenvalue weighted by atomic mass is 10.0. The maximum atomic E-state index is 3.41. The van der Waals surface area contributed by atoms with Crippen molar-refractivity contribution in [2.75, 3.05) is 13.1 Å². The molecule has 1 aliphatic rings. The number of hydrogen-bond acceptors (Lipinski definition) is 3. The van der Waals surface area contributed by atoms with Crippen LogP contribution in [0.5, 0.6) is 0 Å². The minimum absolute atomic E-state index is 0.760. The number of nitrogens with zero attached hydrogens (tertiary/aromatic N) is 1. The highest BCUT2D eigenvalue weighted by Gasteiger charge is 2.19. The van der Waals surface area contributed by atoms with E-state index in [9.17, 15) is 0 Å². The molecule has 0 aromatic carbocycles. The molecule has 0 bridgehead atoms. The highest BCUT2D eigenvalue weighted by Crippen LogP contribution is 2.26. The van der Waals surface area contributed by atoms with Gasteiger partial charge in [0.15, 0.2) is 0 Å². The number of nitrogens with one attached hydrogen (secondary N) is 1. The summed E-state index contributed by atoms with van der Waals surface area (Å²) in [7, 11) is 0. The third-order valence-electron chi connectivity index (χ3n) is 3.93. The Hall–Kier alpha value is -0.380. The highest BCUT2D eigenvalue weighted by molar-refractivity contribution is 7.12. The fourth-order valence-electron chi connectivity index (χ4n) is 2.69. The van der Waals surface area contributed by atoms with Gasteiger partial charge in [-0.25, -0.2) is 0 Å². The van der Waals surface area contributed by atoms with Crippen LogP contribution in [0, 0.1) is 6.92 Å². The molecule has 3 heteroatoms. The summed E-state index contributed by atoms with van der Waals surface area (Å²) in [4.78, 5) is 5.63. The van der Waals surface area contributed by atoms with Gasteiger partial charge in [-0.05, 0) is 51.4 Å². The van der Waals surface area contributed by atoms with Crippen molar-refractivity contribution in [2.24, 2.45) is 0 Å². The predicted octanol–water partition coefficient (Wildman–Crippen LogP) is 3.54. The van der Waals surface area contributed by atoms with E-state index in [1.165, 1.54) is 35.6 Å². The summed E-state index contributed by atoms with van der Waals surface area (Å²) < 4.78 is 0. The van der Waals surface area contributed by atoms with Gasteiger partial charge < -0.3 is 5.32 Å². The largest absolute Gasteiger partial charge is 0.312 e. The molecule has 1 fully saturated rings. The van der Waals surface area contributed by atoms with Crippen LogP contribution in [0.4, 0.5) is 0 Å². The summed E-state index contributed by atoms with van der Waals surface area (Å²) in [5.41, 5.74) is 1.54. The van der Waals surface area contributed by atoms with Crippen LogP contribution >= 0.6 is 11.3 Å². The zero-order valence-corrected chi connectivity index (χ0v) is 12.8. The van der Waals surface area contributed by atoms with Gasteiger partial charge in [0, 0.05) is 28.9 Å². The first-order chi connectivity index (χ1) is 8.70. The average Bonchev–Trinajstić information content (AvgIpc) is 2.70. The number of hydrogen-bond donors (Lipinski definition) is 1. The van der Waals surface area contributed by atoms with E-state index >= 15 is 0 Å². The summed E-state index contributed by atoms with van der Waals surface area (Å²) in [6, 6.07) is 3.17. The van der Waals surface area contributed by atoms with Crippen LogP contribution in [0.25, 0.3) is 0 Å². The molecule has 0 saturated carbocycles. The first-order valence-corrected chi connectivity index (χ1v) is 8.05. The SMILES string of the molecule is CCNCc1cc(CN2CCCCC2C)c(C)s1. The molecule has 0 radical (unpaired) electrons. The second-order valence-electron chi connectivity index (χ2n) is 5.39. The Balaban J connectivity index is 1.97. The molecule has 0 spiro atoms. The Morgan fingerprint density at radius 3 is 3.00 bits per heavy atom. The Morgan fingerprint density at radius 2 is 2.28 bits per heavy atom. The summed E-state index contributed by atoms with van der Waals surface area (Å²) >= 11 is 1.95. The van der Waals surface area contributed by atoms with Gasteiger partial charge >= 0.3 is 0 Å². The van der Waals surface area contributed by atoms with Gasteiger partial charge in [0.25, 0.3) is 0 Å². The summed E-state index contributed by atoms with van der Waals surface area (Å²) in [6.07, 6.45) is 4.15. The molecule has 2 rings (SSSR count). The van der Waals surface area contributed by atoms with E-state index < -0.39 is 0 Å². The second kappa shape index (κ2) is 6.69. The fourth-order valence-corrected chi connectivity index (χ4v) is 3.71. The number of piperidine rings is 1. The third kappa shape index (κ3) is 3.56. The molecule has 102 valence electrons. The summed E-state index contributed by atoms with van der Waals surface area (Å²) in [5, 5.41) is 3.41. The van der Waals surface area contributed by atoms with Crippen molar-refractivity contribution in [3.63, 3.8) is 0 Å². The lowest BCUT2D eigenvalue weighted by Crippen LogP contribution is -2.36. The van der Waals surface area contributed by atoms with Crippen LogP contribution in [0.2, 0.25) is 0 Å². The fraction of sp³-hybridized carbons (Fsp3) is 0.733. The van der Waals surface area contributed by atoms with Crippen molar-refractivity contribution in [2.45, 2.75) is 59.2 Å². The lowest BCUT2D eigenvalue weighted by molar-refractivity contribution is 0.152.